The number of epoxide rings is 1. The Morgan fingerprint density at radius 1 is 0.861 bits per heavy atom. The largest absolute Gasteiger partial charge is 0.342 e. The standard InChI is InChI=1S/C30H33ClN2O3/c1-26(2,3)33-25(21-16-18-24(31)19-17-21)29(30(36-33)32-27(4,5)20-34-30)28(35-29,22-12-8-6-9-13-22)23-14-10-7-11-15-23/h6-19,25,32H,20H2,1-5H3/t25-,29+,30+/m0/s1. The van der Waals surface area contributed by atoms with E-state index >= 15 is 0 Å². The molecule has 0 aromatic heterocycles. The zero-order valence-electron chi connectivity index (χ0n) is 21.4. The van der Waals surface area contributed by atoms with Gasteiger partial charge in [0.15, 0.2) is 11.2 Å². The van der Waals surface area contributed by atoms with E-state index in [1.807, 2.05) is 24.3 Å². The number of hydrogen-bond acceptors (Lipinski definition) is 5. The van der Waals surface area contributed by atoms with Crippen molar-refractivity contribution < 1.29 is 14.3 Å². The van der Waals surface area contributed by atoms with Crippen molar-refractivity contribution in [1.82, 2.24) is 10.4 Å². The number of hydroxylamine groups is 2. The molecule has 3 aromatic carbocycles. The van der Waals surface area contributed by atoms with Crippen LogP contribution in [-0.4, -0.2) is 34.3 Å². The van der Waals surface area contributed by atoms with E-state index in [1.54, 1.807) is 0 Å². The number of halogens is 1. The molecule has 0 aliphatic carbocycles. The number of nitrogens with zero attached hydrogens (tertiary/aromatic N) is 1. The van der Waals surface area contributed by atoms with E-state index in [-0.39, 0.29) is 17.1 Å². The summed E-state index contributed by atoms with van der Waals surface area (Å²) in [5, 5.41) is 6.47. The molecule has 0 bridgehead atoms. The molecule has 0 unspecified atom stereocenters. The summed E-state index contributed by atoms with van der Waals surface area (Å²) in [6.45, 7) is 11.2. The average molecular weight is 505 g/mol. The van der Waals surface area contributed by atoms with Crippen LogP contribution in [0.1, 0.15) is 57.4 Å². The quantitative estimate of drug-likeness (QED) is 0.431. The Bertz CT molecular complexity index is 1220. The molecule has 3 atom stereocenters. The summed E-state index contributed by atoms with van der Waals surface area (Å²) in [7, 11) is 0. The molecule has 0 radical (unpaired) electrons. The molecule has 5 nitrogen and oxygen atoms in total. The molecular formula is C30H33ClN2O3. The topological polar surface area (TPSA) is 46.3 Å². The second kappa shape index (κ2) is 7.87. The summed E-state index contributed by atoms with van der Waals surface area (Å²) in [6, 6.07) is 28.5. The monoisotopic (exact) mass is 504 g/mol. The van der Waals surface area contributed by atoms with Gasteiger partial charge in [-0.2, -0.15) is 5.06 Å². The molecule has 3 saturated heterocycles. The van der Waals surface area contributed by atoms with Crippen LogP contribution in [-0.2, 0) is 19.9 Å². The lowest BCUT2D eigenvalue weighted by molar-refractivity contribution is -0.329. The molecule has 0 amide bonds. The van der Waals surface area contributed by atoms with Gasteiger partial charge in [-0.3, -0.25) is 5.32 Å². The highest BCUT2D eigenvalue weighted by molar-refractivity contribution is 6.30. The minimum Gasteiger partial charge on any atom is -0.342 e. The first-order chi connectivity index (χ1) is 17.0. The van der Waals surface area contributed by atoms with Crippen LogP contribution in [0.4, 0.5) is 0 Å². The molecule has 3 fully saturated rings. The maximum Gasteiger partial charge on any atom is 0.281 e. The lowest BCUT2D eigenvalue weighted by Gasteiger charge is -2.35. The summed E-state index contributed by atoms with van der Waals surface area (Å²) in [6.07, 6.45) is 0. The highest BCUT2D eigenvalue weighted by Gasteiger charge is 2.91. The molecule has 3 aliphatic rings. The smallest absolute Gasteiger partial charge is 0.281 e. The molecule has 3 aliphatic heterocycles. The molecule has 1 N–H and O–H groups in total. The van der Waals surface area contributed by atoms with Gasteiger partial charge in [-0.1, -0.05) is 84.4 Å². The molecule has 6 rings (SSSR count). The zero-order chi connectivity index (χ0) is 25.4. The van der Waals surface area contributed by atoms with Gasteiger partial charge in [-0.25, -0.2) is 4.84 Å². The molecule has 2 spiro atoms. The van der Waals surface area contributed by atoms with Crippen molar-refractivity contribution in [2.24, 2.45) is 0 Å². The van der Waals surface area contributed by atoms with E-state index in [2.05, 4.69) is 106 Å². The third-order valence-electron chi connectivity index (χ3n) is 7.48. The summed E-state index contributed by atoms with van der Waals surface area (Å²) in [5.74, 6) is -1.21. The Morgan fingerprint density at radius 3 is 1.89 bits per heavy atom. The van der Waals surface area contributed by atoms with Gasteiger partial charge in [0.25, 0.3) is 5.91 Å². The van der Waals surface area contributed by atoms with Crippen LogP contribution >= 0.6 is 11.6 Å². The number of rotatable bonds is 3. The van der Waals surface area contributed by atoms with Crippen LogP contribution in [0, 0.1) is 0 Å². The van der Waals surface area contributed by atoms with Crippen molar-refractivity contribution >= 4 is 11.6 Å². The Balaban J connectivity index is 1.66. The lowest BCUT2D eigenvalue weighted by atomic mass is 9.73. The van der Waals surface area contributed by atoms with E-state index in [0.717, 1.165) is 16.7 Å². The fraction of sp³-hybridized carbons (Fsp3) is 0.400. The Hall–Kier alpha value is -2.25. The van der Waals surface area contributed by atoms with Gasteiger partial charge in [0.2, 0.25) is 0 Å². The SMILES string of the molecule is CC1(C)CO[C@@]2(N1)ON(C(C)(C)C)[C@@H](c1ccc(Cl)cc1)[C@]21OC1(c1ccccc1)c1ccccc1. The van der Waals surface area contributed by atoms with Crippen molar-refractivity contribution in [2.75, 3.05) is 6.61 Å². The van der Waals surface area contributed by atoms with Gasteiger partial charge in [-0.05, 0) is 63.4 Å². The van der Waals surface area contributed by atoms with Crippen LogP contribution in [0.25, 0.3) is 0 Å². The second-order valence-corrected chi connectivity index (χ2v) is 12.1. The van der Waals surface area contributed by atoms with Gasteiger partial charge < -0.3 is 9.47 Å². The number of hydrogen-bond donors (Lipinski definition) is 1. The van der Waals surface area contributed by atoms with E-state index in [0.29, 0.717) is 11.6 Å². The number of benzene rings is 3. The molecule has 3 aromatic rings. The van der Waals surface area contributed by atoms with Crippen LogP contribution in [0.2, 0.25) is 5.02 Å². The van der Waals surface area contributed by atoms with E-state index in [1.165, 1.54) is 0 Å². The third-order valence-corrected chi connectivity index (χ3v) is 7.73. The van der Waals surface area contributed by atoms with E-state index < -0.39 is 17.1 Å². The third kappa shape index (κ3) is 3.27. The molecular weight excluding hydrogens is 472 g/mol. The normalized spacial score (nSPS) is 30.8. The van der Waals surface area contributed by atoms with Crippen molar-refractivity contribution in [3.05, 3.63) is 107 Å². The summed E-state index contributed by atoms with van der Waals surface area (Å²) < 4.78 is 13.9. The Kier molecular flexibility index (Phi) is 5.27. The zero-order valence-corrected chi connectivity index (χ0v) is 22.2. The van der Waals surface area contributed by atoms with Crippen LogP contribution in [0.5, 0.6) is 0 Å². The molecule has 6 heteroatoms. The Morgan fingerprint density at radius 2 is 1.42 bits per heavy atom. The molecule has 3 heterocycles. The maximum absolute atomic E-state index is 7.19. The predicted octanol–water partition coefficient (Wildman–Crippen LogP) is 6.19. The lowest BCUT2D eigenvalue weighted by Crippen LogP contribution is -2.59. The molecule has 0 saturated carbocycles. The van der Waals surface area contributed by atoms with Crippen molar-refractivity contribution in [2.45, 2.75) is 68.9 Å². The summed E-state index contributed by atoms with van der Waals surface area (Å²) >= 11 is 6.32. The van der Waals surface area contributed by atoms with Gasteiger partial charge in [0.05, 0.1) is 6.61 Å². The number of nitrogens with one attached hydrogen (secondary N) is 1. The van der Waals surface area contributed by atoms with E-state index in [9.17, 15) is 0 Å². The maximum atomic E-state index is 7.19. The average Bonchev–Trinajstić information content (AvgIpc) is 3.35. The van der Waals surface area contributed by atoms with Crippen molar-refractivity contribution in [3.63, 3.8) is 0 Å². The predicted molar refractivity (Wildman–Crippen MR) is 140 cm³/mol. The first kappa shape index (κ1) is 24.1. The fourth-order valence-corrected chi connectivity index (χ4v) is 6.14. The highest BCUT2D eigenvalue weighted by atomic mass is 35.5. The number of ether oxygens (including phenoxy) is 2. The fourth-order valence-electron chi connectivity index (χ4n) is 6.01. The second-order valence-electron chi connectivity index (χ2n) is 11.7. The van der Waals surface area contributed by atoms with Crippen LogP contribution in [0.3, 0.4) is 0 Å². The minimum atomic E-state index is -1.21. The first-order valence-electron chi connectivity index (χ1n) is 12.5. The molecule has 36 heavy (non-hydrogen) atoms. The summed E-state index contributed by atoms with van der Waals surface area (Å²) in [4.78, 5) is 6.93. The van der Waals surface area contributed by atoms with Crippen molar-refractivity contribution in [1.29, 1.82) is 0 Å². The first-order valence-corrected chi connectivity index (χ1v) is 12.9. The van der Waals surface area contributed by atoms with Gasteiger partial charge in [0.1, 0.15) is 6.04 Å². The number of fused-ring (bicyclic) bond motifs is 1. The van der Waals surface area contributed by atoms with Gasteiger partial charge in [0, 0.05) is 16.1 Å². The summed E-state index contributed by atoms with van der Waals surface area (Å²) in [5.41, 5.74) is 0.758. The highest BCUT2D eigenvalue weighted by Crippen LogP contribution is 2.75. The minimum absolute atomic E-state index is 0.295. The van der Waals surface area contributed by atoms with Gasteiger partial charge >= 0.3 is 0 Å². The van der Waals surface area contributed by atoms with Gasteiger partial charge in [-0.15, -0.1) is 0 Å². The van der Waals surface area contributed by atoms with Crippen LogP contribution in [0.15, 0.2) is 84.9 Å². The van der Waals surface area contributed by atoms with Crippen LogP contribution < -0.4 is 5.32 Å². The van der Waals surface area contributed by atoms with E-state index in [4.69, 9.17) is 25.9 Å². The van der Waals surface area contributed by atoms with Crippen molar-refractivity contribution in [3.8, 4) is 0 Å². The Labute approximate surface area is 218 Å². The molecule has 188 valence electrons.